The van der Waals surface area contributed by atoms with Gasteiger partial charge in [-0.3, -0.25) is 0 Å². The van der Waals surface area contributed by atoms with Gasteiger partial charge in [0, 0.05) is 0 Å². The monoisotopic (exact) mass is 448 g/mol. The summed E-state index contributed by atoms with van der Waals surface area (Å²) in [5, 5.41) is 2.89. The van der Waals surface area contributed by atoms with E-state index in [1.165, 1.54) is 4.46 Å². The third kappa shape index (κ3) is 4.80. The molecule has 0 aliphatic carbocycles. The van der Waals surface area contributed by atoms with E-state index in [1.807, 2.05) is 41.0 Å². The van der Waals surface area contributed by atoms with Crippen LogP contribution in [0.15, 0.2) is 60.7 Å². The Morgan fingerprint density at radius 2 is 1.67 bits per heavy atom. The van der Waals surface area contributed by atoms with Crippen molar-refractivity contribution in [2.75, 3.05) is 6.61 Å². The van der Waals surface area contributed by atoms with E-state index in [-0.39, 0.29) is 38.3 Å². The topological polar surface area (TPSA) is 58.6 Å². The van der Waals surface area contributed by atoms with Crippen LogP contribution in [0.3, 0.4) is 0 Å². The van der Waals surface area contributed by atoms with Gasteiger partial charge in [-0.25, -0.2) is 0 Å². The van der Waals surface area contributed by atoms with Gasteiger partial charge in [0.05, 0.1) is 0 Å². The van der Waals surface area contributed by atoms with Crippen LogP contribution < -0.4 is 14.5 Å². The standard InChI is InChI=1S/C20H24N2O3SeSi/c1-27(2,3)22-19(24)18(20(22)26-16-12-8-5-9-13-16)21-17(23)14-25-15-10-6-4-7-11-15/h4-13,18,20H,14H2,1-3H3,(H,21,23)/t18-,20?/m1/s1. The van der Waals surface area contributed by atoms with Gasteiger partial charge < -0.3 is 0 Å². The quantitative estimate of drug-likeness (QED) is 0.518. The van der Waals surface area contributed by atoms with Gasteiger partial charge in [-0.2, -0.15) is 0 Å². The average molecular weight is 447 g/mol. The summed E-state index contributed by atoms with van der Waals surface area (Å²) in [5.41, 5.74) is 0. The van der Waals surface area contributed by atoms with Gasteiger partial charge in [0.25, 0.3) is 0 Å². The number of ether oxygens (including phenoxy) is 1. The maximum atomic E-state index is 12.7. The van der Waals surface area contributed by atoms with Crippen LogP contribution in [0, 0.1) is 0 Å². The molecule has 5 nitrogen and oxygen atoms in total. The summed E-state index contributed by atoms with van der Waals surface area (Å²) in [6.07, 6.45) is 0. The molecule has 2 aromatic rings. The molecule has 0 saturated carbocycles. The zero-order chi connectivity index (χ0) is 19.4. The van der Waals surface area contributed by atoms with Crippen molar-refractivity contribution in [3.63, 3.8) is 0 Å². The molecule has 0 bridgehead atoms. The second kappa shape index (κ2) is 8.29. The van der Waals surface area contributed by atoms with E-state index < -0.39 is 14.3 Å². The Bertz CT molecular complexity index is 796. The van der Waals surface area contributed by atoms with E-state index >= 15 is 0 Å². The molecule has 2 atom stereocenters. The van der Waals surface area contributed by atoms with E-state index in [1.54, 1.807) is 12.1 Å². The van der Waals surface area contributed by atoms with Crippen LogP contribution in [-0.4, -0.2) is 57.2 Å². The summed E-state index contributed by atoms with van der Waals surface area (Å²) in [6.45, 7) is 6.40. The fourth-order valence-corrected chi connectivity index (χ4v) is 9.28. The molecule has 27 heavy (non-hydrogen) atoms. The number of rotatable bonds is 7. The molecule has 1 aliphatic heterocycles. The van der Waals surface area contributed by atoms with E-state index in [4.69, 9.17) is 4.74 Å². The molecule has 0 radical (unpaired) electrons. The van der Waals surface area contributed by atoms with Crippen molar-refractivity contribution in [3.05, 3.63) is 60.7 Å². The molecule has 1 N–H and O–H groups in total. The van der Waals surface area contributed by atoms with Crippen molar-refractivity contribution in [3.8, 4) is 5.75 Å². The minimum atomic E-state index is -1.80. The Balaban J connectivity index is 1.65. The Morgan fingerprint density at radius 3 is 2.26 bits per heavy atom. The molecule has 1 heterocycles. The normalized spacial score (nSPS) is 19.4. The zero-order valence-corrected chi connectivity index (χ0v) is 18.4. The molecule has 2 aromatic carbocycles. The van der Waals surface area contributed by atoms with Crippen LogP contribution in [0.25, 0.3) is 0 Å². The molecule has 1 aliphatic rings. The van der Waals surface area contributed by atoms with Gasteiger partial charge in [-0.05, 0) is 0 Å². The number of benzene rings is 2. The predicted molar refractivity (Wildman–Crippen MR) is 110 cm³/mol. The van der Waals surface area contributed by atoms with Gasteiger partial charge in [-0.1, -0.05) is 0 Å². The summed E-state index contributed by atoms with van der Waals surface area (Å²) in [5.74, 6) is 0.410. The van der Waals surface area contributed by atoms with Gasteiger partial charge >= 0.3 is 167 Å². The summed E-state index contributed by atoms with van der Waals surface area (Å²) in [7, 11) is -1.80. The van der Waals surface area contributed by atoms with Gasteiger partial charge in [-0.15, -0.1) is 0 Å². The van der Waals surface area contributed by atoms with Crippen molar-refractivity contribution in [2.24, 2.45) is 0 Å². The molecule has 2 amide bonds. The first-order valence-corrected chi connectivity index (χ1v) is 14.2. The summed E-state index contributed by atoms with van der Waals surface area (Å²) < 4.78 is 8.76. The number of hydrogen-bond donors (Lipinski definition) is 1. The van der Waals surface area contributed by atoms with Crippen LogP contribution >= 0.6 is 0 Å². The molecule has 7 heteroatoms. The molecule has 1 saturated heterocycles. The molecular weight excluding hydrogens is 423 g/mol. The summed E-state index contributed by atoms with van der Waals surface area (Å²) in [4.78, 5) is 25.1. The third-order valence-corrected chi connectivity index (χ3v) is 9.22. The van der Waals surface area contributed by atoms with Crippen LogP contribution in [-0.2, 0) is 9.59 Å². The SMILES string of the molecule is C[Si](C)(C)N1C(=O)[C@@H](NC(=O)COc2ccccc2)C1[Se]c1ccccc1. The first-order chi connectivity index (χ1) is 12.9. The van der Waals surface area contributed by atoms with Crippen LogP contribution in [0.1, 0.15) is 0 Å². The fourth-order valence-electron chi connectivity index (χ4n) is 2.95. The number of carbonyl (C=O) groups excluding carboxylic acids is 2. The summed E-state index contributed by atoms with van der Waals surface area (Å²) >= 11 is 0.0771. The molecule has 3 rings (SSSR count). The van der Waals surface area contributed by atoms with Crippen molar-refractivity contribution in [1.29, 1.82) is 0 Å². The number of hydrogen-bond acceptors (Lipinski definition) is 3. The minimum absolute atomic E-state index is 0.0324. The van der Waals surface area contributed by atoms with E-state index in [2.05, 4.69) is 37.1 Å². The number of para-hydroxylation sites is 1. The average Bonchev–Trinajstić information content (AvgIpc) is 2.64. The van der Waals surface area contributed by atoms with Crippen molar-refractivity contribution < 1.29 is 14.3 Å². The van der Waals surface area contributed by atoms with E-state index in [0.29, 0.717) is 5.75 Å². The molecule has 142 valence electrons. The second-order valence-electron chi connectivity index (χ2n) is 7.35. The maximum absolute atomic E-state index is 12.7. The number of β-lactam (4-membered cyclic amide) rings is 1. The van der Waals surface area contributed by atoms with Gasteiger partial charge in [0.2, 0.25) is 0 Å². The van der Waals surface area contributed by atoms with Gasteiger partial charge in [0.1, 0.15) is 0 Å². The number of nitrogens with zero attached hydrogens (tertiary/aromatic N) is 1. The number of carbonyl (C=O) groups is 2. The molecule has 1 unspecified atom stereocenters. The molecular formula is C20H24N2O3SeSi. The second-order valence-corrected chi connectivity index (χ2v) is 14.7. The van der Waals surface area contributed by atoms with E-state index in [9.17, 15) is 9.59 Å². The van der Waals surface area contributed by atoms with Crippen molar-refractivity contribution >= 4 is 39.5 Å². The van der Waals surface area contributed by atoms with Crippen LogP contribution in [0.4, 0.5) is 0 Å². The Morgan fingerprint density at radius 1 is 1.07 bits per heavy atom. The predicted octanol–water partition coefficient (Wildman–Crippen LogP) is 1.58. The third-order valence-electron chi connectivity index (χ3n) is 4.20. The fraction of sp³-hybridized carbons (Fsp3) is 0.300. The number of amides is 2. The summed E-state index contributed by atoms with van der Waals surface area (Å²) in [6, 6.07) is 18.9. The first-order valence-electron chi connectivity index (χ1n) is 8.88. The van der Waals surface area contributed by atoms with Gasteiger partial charge in [0.15, 0.2) is 0 Å². The van der Waals surface area contributed by atoms with Crippen molar-refractivity contribution in [1.82, 2.24) is 9.88 Å². The Hall–Kier alpha value is -2.08. The Kier molecular flexibility index (Phi) is 6.04. The van der Waals surface area contributed by atoms with E-state index in [0.717, 1.165) is 0 Å². The molecule has 0 spiro atoms. The Labute approximate surface area is 167 Å². The molecule has 1 fully saturated rings. The van der Waals surface area contributed by atoms with Crippen LogP contribution in [0.5, 0.6) is 5.75 Å². The zero-order valence-electron chi connectivity index (χ0n) is 15.7. The molecule has 0 aromatic heterocycles. The van der Waals surface area contributed by atoms with Crippen molar-refractivity contribution in [2.45, 2.75) is 30.6 Å². The van der Waals surface area contributed by atoms with Crippen LogP contribution in [0.2, 0.25) is 19.6 Å². The first kappa shape index (κ1) is 19.7. The number of nitrogens with one attached hydrogen (secondary N) is 1.